The Hall–Kier alpha value is -5.81. The maximum Gasteiger partial charge on any atom is 0.238 e. The number of fused-ring (bicyclic) bond motifs is 10. The third-order valence-electron chi connectivity index (χ3n) is 8.81. The van der Waals surface area contributed by atoms with Crippen molar-refractivity contribution in [2.45, 2.75) is 13.8 Å². The average Bonchev–Trinajstić information content (AvgIpc) is 3.60. The average molecular weight is 567 g/mol. The molecule has 0 aliphatic rings. The SMILES string of the molecule is Cc1oc2c(c1C)c1ccccc1c1c3ccc4ccccc4c3n(-c3nc(-c4ccccc4)nc(-c4ccccc4)n3)c21. The normalized spacial score (nSPS) is 11.9. The quantitative estimate of drug-likeness (QED) is 0.214. The molecule has 3 heterocycles. The molecular formula is C39H26N4O. The maximum absolute atomic E-state index is 6.66. The van der Waals surface area contributed by atoms with Gasteiger partial charge in [0.2, 0.25) is 5.95 Å². The summed E-state index contributed by atoms with van der Waals surface area (Å²) in [5.74, 6) is 2.70. The number of hydrogen-bond acceptors (Lipinski definition) is 4. The van der Waals surface area contributed by atoms with Crippen molar-refractivity contribution in [3.05, 3.63) is 133 Å². The molecule has 6 aromatic carbocycles. The van der Waals surface area contributed by atoms with Crippen LogP contribution in [-0.2, 0) is 0 Å². The molecule has 0 unspecified atom stereocenters. The molecule has 0 spiro atoms. The van der Waals surface area contributed by atoms with Gasteiger partial charge in [-0.15, -0.1) is 0 Å². The molecule has 0 saturated heterocycles. The molecule has 0 N–H and O–H groups in total. The highest BCUT2D eigenvalue weighted by Gasteiger charge is 2.26. The number of aromatic nitrogens is 4. The Morgan fingerprint density at radius 3 is 1.73 bits per heavy atom. The van der Waals surface area contributed by atoms with Crippen molar-refractivity contribution in [3.63, 3.8) is 0 Å². The second-order valence-electron chi connectivity index (χ2n) is 11.3. The second-order valence-corrected chi connectivity index (χ2v) is 11.3. The fourth-order valence-corrected chi connectivity index (χ4v) is 6.67. The van der Waals surface area contributed by atoms with Gasteiger partial charge in [-0.25, -0.2) is 4.98 Å². The van der Waals surface area contributed by atoms with E-state index >= 15 is 0 Å². The predicted octanol–water partition coefficient (Wildman–Crippen LogP) is 9.97. The summed E-state index contributed by atoms with van der Waals surface area (Å²) in [6.07, 6.45) is 0. The molecule has 5 heteroatoms. The molecular weight excluding hydrogens is 540 g/mol. The van der Waals surface area contributed by atoms with E-state index in [1.165, 1.54) is 10.8 Å². The Balaban J connectivity index is 1.54. The zero-order valence-electron chi connectivity index (χ0n) is 24.2. The van der Waals surface area contributed by atoms with E-state index in [1.807, 2.05) is 67.6 Å². The summed E-state index contributed by atoms with van der Waals surface area (Å²) in [6, 6.07) is 41.8. The van der Waals surface area contributed by atoms with Crippen LogP contribution in [0.15, 0.2) is 126 Å². The van der Waals surface area contributed by atoms with Gasteiger partial charge in [0.15, 0.2) is 17.2 Å². The predicted molar refractivity (Wildman–Crippen MR) is 179 cm³/mol. The fourth-order valence-electron chi connectivity index (χ4n) is 6.67. The van der Waals surface area contributed by atoms with E-state index in [2.05, 4.69) is 72.2 Å². The van der Waals surface area contributed by atoms with Crippen molar-refractivity contribution in [2.75, 3.05) is 0 Å². The number of aryl methyl sites for hydroxylation is 2. The van der Waals surface area contributed by atoms with Gasteiger partial charge >= 0.3 is 0 Å². The van der Waals surface area contributed by atoms with Gasteiger partial charge in [-0.3, -0.25) is 4.57 Å². The van der Waals surface area contributed by atoms with Crippen LogP contribution in [0.3, 0.4) is 0 Å². The Bertz CT molecular complexity index is 2500. The van der Waals surface area contributed by atoms with Crippen LogP contribution in [-0.4, -0.2) is 19.5 Å². The molecule has 9 aromatic rings. The summed E-state index contributed by atoms with van der Waals surface area (Å²) in [5, 5.41) is 8.02. The summed E-state index contributed by atoms with van der Waals surface area (Å²) in [7, 11) is 0. The molecule has 0 aliphatic heterocycles. The Kier molecular flexibility index (Phi) is 5.26. The molecule has 0 fully saturated rings. The van der Waals surface area contributed by atoms with Crippen molar-refractivity contribution < 1.29 is 4.42 Å². The van der Waals surface area contributed by atoms with Gasteiger partial charge in [0.1, 0.15) is 11.3 Å². The highest BCUT2D eigenvalue weighted by molar-refractivity contribution is 6.33. The number of hydrogen-bond donors (Lipinski definition) is 0. The van der Waals surface area contributed by atoms with E-state index in [0.717, 1.165) is 66.0 Å². The van der Waals surface area contributed by atoms with Crippen LogP contribution in [0, 0.1) is 13.8 Å². The zero-order valence-corrected chi connectivity index (χ0v) is 24.2. The van der Waals surface area contributed by atoms with E-state index in [0.29, 0.717) is 17.6 Å². The second kappa shape index (κ2) is 9.35. The van der Waals surface area contributed by atoms with Gasteiger partial charge in [0, 0.05) is 32.7 Å². The van der Waals surface area contributed by atoms with Crippen LogP contribution in [0.25, 0.3) is 83.0 Å². The molecule has 9 rings (SSSR count). The van der Waals surface area contributed by atoms with E-state index in [9.17, 15) is 0 Å². The minimum atomic E-state index is 0.553. The smallest absolute Gasteiger partial charge is 0.238 e. The summed E-state index contributed by atoms with van der Waals surface area (Å²) >= 11 is 0. The largest absolute Gasteiger partial charge is 0.459 e. The van der Waals surface area contributed by atoms with Gasteiger partial charge in [0.25, 0.3) is 0 Å². The molecule has 0 amide bonds. The van der Waals surface area contributed by atoms with Gasteiger partial charge < -0.3 is 4.42 Å². The molecule has 0 atom stereocenters. The molecule has 0 aliphatic carbocycles. The zero-order chi connectivity index (χ0) is 29.4. The first-order valence-corrected chi connectivity index (χ1v) is 14.8. The summed E-state index contributed by atoms with van der Waals surface area (Å²) in [6.45, 7) is 4.19. The Morgan fingerprint density at radius 1 is 0.500 bits per heavy atom. The van der Waals surface area contributed by atoms with Crippen LogP contribution < -0.4 is 0 Å². The van der Waals surface area contributed by atoms with E-state index in [-0.39, 0.29) is 0 Å². The topological polar surface area (TPSA) is 56.7 Å². The lowest BCUT2D eigenvalue weighted by Crippen LogP contribution is -2.06. The standard InChI is InChI=1S/C39H26N4O/c1-23-24(2)44-36-32(23)29-19-11-12-20-30(29)33-31-22-21-25-13-9-10-18-28(25)34(31)43(35(33)36)39-41-37(26-14-5-3-6-15-26)40-38(42-39)27-16-7-4-8-17-27/h3-22H,1-2H3. The third-order valence-corrected chi connectivity index (χ3v) is 8.81. The number of nitrogens with zero attached hydrogens (tertiary/aromatic N) is 4. The number of benzene rings is 6. The lowest BCUT2D eigenvalue weighted by atomic mass is 9.97. The maximum atomic E-state index is 6.66. The van der Waals surface area contributed by atoms with Gasteiger partial charge in [-0.05, 0) is 35.6 Å². The van der Waals surface area contributed by atoms with Gasteiger partial charge in [0.05, 0.1) is 5.52 Å². The molecule has 0 saturated carbocycles. The van der Waals surface area contributed by atoms with Crippen molar-refractivity contribution >= 4 is 54.3 Å². The van der Waals surface area contributed by atoms with E-state index < -0.39 is 0 Å². The lowest BCUT2D eigenvalue weighted by molar-refractivity contribution is 0.577. The van der Waals surface area contributed by atoms with E-state index in [1.54, 1.807) is 0 Å². The molecule has 0 bridgehead atoms. The fraction of sp³-hybridized carbons (Fsp3) is 0.0513. The molecule has 44 heavy (non-hydrogen) atoms. The summed E-state index contributed by atoms with van der Waals surface area (Å²) in [5.41, 5.74) is 5.86. The van der Waals surface area contributed by atoms with Crippen molar-refractivity contribution in [2.24, 2.45) is 0 Å². The van der Waals surface area contributed by atoms with Crippen LogP contribution in [0.5, 0.6) is 0 Å². The Labute approximate surface area is 253 Å². The highest BCUT2D eigenvalue weighted by Crippen LogP contribution is 2.46. The Morgan fingerprint density at radius 2 is 1.07 bits per heavy atom. The first-order chi connectivity index (χ1) is 21.7. The first-order valence-electron chi connectivity index (χ1n) is 14.8. The summed E-state index contributed by atoms with van der Waals surface area (Å²) < 4.78 is 8.87. The molecule has 5 nitrogen and oxygen atoms in total. The molecule has 0 radical (unpaired) electrons. The number of rotatable bonds is 3. The highest BCUT2D eigenvalue weighted by atomic mass is 16.3. The monoisotopic (exact) mass is 566 g/mol. The first kappa shape index (κ1) is 24.8. The summed E-state index contributed by atoms with van der Waals surface area (Å²) in [4.78, 5) is 15.4. The third kappa shape index (κ3) is 3.50. The van der Waals surface area contributed by atoms with Crippen molar-refractivity contribution in [1.29, 1.82) is 0 Å². The van der Waals surface area contributed by atoms with Crippen molar-refractivity contribution in [3.8, 4) is 28.7 Å². The van der Waals surface area contributed by atoms with Crippen LogP contribution in [0.4, 0.5) is 0 Å². The van der Waals surface area contributed by atoms with Crippen LogP contribution in [0.2, 0.25) is 0 Å². The molecule has 208 valence electrons. The van der Waals surface area contributed by atoms with Gasteiger partial charge in [-0.2, -0.15) is 9.97 Å². The van der Waals surface area contributed by atoms with Gasteiger partial charge in [-0.1, -0.05) is 121 Å². The van der Waals surface area contributed by atoms with Crippen molar-refractivity contribution in [1.82, 2.24) is 19.5 Å². The van der Waals surface area contributed by atoms with Crippen LogP contribution >= 0.6 is 0 Å². The number of furan rings is 1. The molecule has 3 aromatic heterocycles. The minimum absolute atomic E-state index is 0.553. The van der Waals surface area contributed by atoms with Crippen LogP contribution in [0.1, 0.15) is 11.3 Å². The lowest BCUT2D eigenvalue weighted by Gasteiger charge is -2.12. The minimum Gasteiger partial charge on any atom is -0.459 e. The van der Waals surface area contributed by atoms with E-state index in [4.69, 9.17) is 19.4 Å².